The van der Waals surface area contributed by atoms with Crippen LogP contribution in [0.25, 0.3) is 0 Å². The predicted molar refractivity (Wildman–Crippen MR) is 78.2 cm³/mol. The second kappa shape index (κ2) is 5.85. The van der Waals surface area contributed by atoms with Crippen molar-refractivity contribution in [3.8, 4) is 11.5 Å². The van der Waals surface area contributed by atoms with Gasteiger partial charge in [-0.15, -0.1) is 0 Å². The van der Waals surface area contributed by atoms with Crippen molar-refractivity contribution in [1.82, 2.24) is 0 Å². The third-order valence-electron chi connectivity index (χ3n) is 2.97. The molecule has 0 fully saturated rings. The third kappa shape index (κ3) is 3.12. The van der Waals surface area contributed by atoms with Crippen LogP contribution in [-0.2, 0) is 6.54 Å². The minimum absolute atomic E-state index is 0.274. The van der Waals surface area contributed by atoms with Gasteiger partial charge in [-0.25, -0.2) is 0 Å². The highest BCUT2D eigenvalue weighted by Gasteiger charge is 2.07. The number of benzene rings is 2. The molecular formula is C15H16ClNO2. The highest BCUT2D eigenvalue weighted by Crippen LogP contribution is 2.28. The quantitative estimate of drug-likeness (QED) is 0.888. The molecule has 0 unspecified atom stereocenters. The van der Waals surface area contributed by atoms with Gasteiger partial charge >= 0.3 is 0 Å². The fourth-order valence-electron chi connectivity index (χ4n) is 1.81. The average molecular weight is 278 g/mol. The Balaban J connectivity index is 2.16. The number of anilines is 1. The van der Waals surface area contributed by atoms with Gasteiger partial charge in [-0.3, -0.25) is 0 Å². The van der Waals surface area contributed by atoms with E-state index in [-0.39, 0.29) is 5.75 Å². The molecule has 2 aromatic rings. The molecule has 0 aliphatic heterocycles. The van der Waals surface area contributed by atoms with Crippen LogP contribution in [0.1, 0.15) is 11.1 Å². The Morgan fingerprint density at radius 3 is 2.74 bits per heavy atom. The smallest absolute Gasteiger partial charge is 0.125 e. The Kier molecular flexibility index (Phi) is 4.17. The van der Waals surface area contributed by atoms with Crippen LogP contribution < -0.4 is 10.1 Å². The van der Waals surface area contributed by atoms with Crippen LogP contribution in [0.5, 0.6) is 11.5 Å². The molecule has 0 heterocycles. The first-order chi connectivity index (χ1) is 9.11. The van der Waals surface area contributed by atoms with Crippen LogP contribution in [0.2, 0.25) is 5.02 Å². The van der Waals surface area contributed by atoms with E-state index in [0.29, 0.717) is 11.6 Å². The number of hydrogen-bond acceptors (Lipinski definition) is 3. The van der Waals surface area contributed by atoms with Gasteiger partial charge in [0.15, 0.2) is 0 Å². The van der Waals surface area contributed by atoms with Crippen molar-refractivity contribution < 1.29 is 9.84 Å². The van der Waals surface area contributed by atoms with E-state index in [1.165, 1.54) is 0 Å². The van der Waals surface area contributed by atoms with Crippen molar-refractivity contribution in [3.63, 3.8) is 0 Å². The molecule has 0 atom stereocenters. The van der Waals surface area contributed by atoms with Gasteiger partial charge < -0.3 is 15.2 Å². The summed E-state index contributed by atoms with van der Waals surface area (Å²) in [7, 11) is 1.62. The molecule has 0 aliphatic rings. The monoisotopic (exact) mass is 277 g/mol. The van der Waals surface area contributed by atoms with E-state index in [0.717, 1.165) is 22.6 Å². The Bertz CT molecular complexity index is 584. The van der Waals surface area contributed by atoms with Gasteiger partial charge in [-0.05, 0) is 30.7 Å². The first-order valence-corrected chi connectivity index (χ1v) is 6.34. The fourth-order valence-corrected chi connectivity index (χ4v) is 2.04. The van der Waals surface area contributed by atoms with E-state index in [2.05, 4.69) is 5.32 Å². The number of methoxy groups -OCH3 is 1. The standard InChI is InChI=1S/C15H16ClNO2/c1-10-6-7-11(8-14(10)18)17-9-12-13(16)4-3-5-15(12)19-2/h3-8,17-18H,9H2,1-2H3. The topological polar surface area (TPSA) is 41.5 Å². The van der Waals surface area contributed by atoms with Crippen LogP contribution in [0.4, 0.5) is 5.69 Å². The van der Waals surface area contributed by atoms with Gasteiger partial charge in [0.25, 0.3) is 0 Å². The van der Waals surface area contributed by atoms with E-state index in [1.54, 1.807) is 13.2 Å². The number of rotatable bonds is 4. The lowest BCUT2D eigenvalue weighted by Crippen LogP contribution is -2.02. The van der Waals surface area contributed by atoms with Crippen molar-refractivity contribution in [2.24, 2.45) is 0 Å². The molecule has 100 valence electrons. The highest BCUT2D eigenvalue weighted by molar-refractivity contribution is 6.31. The molecule has 2 N–H and O–H groups in total. The second-order valence-electron chi connectivity index (χ2n) is 4.28. The molecule has 3 nitrogen and oxygen atoms in total. The van der Waals surface area contributed by atoms with Crippen LogP contribution in [0.15, 0.2) is 36.4 Å². The lowest BCUT2D eigenvalue weighted by atomic mass is 10.1. The highest BCUT2D eigenvalue weighted by atomic mass is 35.5. The van der Waals surface area contributed by atoms with Crippen molar-refractivity contribution in [2.75, 3.05) is 12.4 Å². The molecule has 0 bridgehead atoms. The van der Waals surface area contributed by atoms with E-state index in [9.17, 15) is 5.11 Å². The molecule has 19 heavy (non-hydrogen) atoms. The number of aromatic hydroxyl groups is 1. The Labute approximate surface area is 117 Å². The summed E-state index contributed by atoms with van der Waals surface area (Å²) in [6.45, 7) is 2.39. The molecule has 0 saturated carbocycles. The molecule has 0 radical (unpaired) electrons. The normalized spacial score (nSPS) is 10.3. The second-order valence-corrected chi connectivity index (χ2v) is 4.68. The summed E-state index contributed by atoms with van der Waals surface area (Å²) in [6.07, 6.45) is 0. The summed E-state index contributed by atoms with van der Waals surface area (Å²) in [5.41, 5.74) is 2.58. The zero-order chi connectivity index (χ0) is 13.8. The lowest BCUT2D eigenvalue weighted by Gasteiger charge is -2.12. The number of hydrogen-bond donors (Lipinski definition) is 2. The van der Waals surface area contributed by atoms with Crippen molar-refractivity contribution in [2.45, 2.75) is 13.5 Å². The SMILES string of the molecule is COc1cccc(Cl)c1CNc1ccc(C)c(O)c1. The van der Waals surface area contributed by atoms with Gasteiger partial charge in [0.2, 0.25) is 0 Å². The van der Waals surface area contributed by atoms with E-state index >= 15 is 0 Å². The minimum Gasteiger partial charge on any atom is -0.508 e. The van der Waals surface area contributed by atoms with Crippen molar-refractivity contribution in [3.05, 3.63) is 52.5 Å². The molecule has 2 rings (SSSR count). The van der Waals surface area contributed by atoms with Gasteiger partial charge in [0, 0.05) is 28.9 Å². The lowest BCUT2D eigenvalue weighted by molar-refractivity contribution is 0.410. The maximum absolute atomic E-state index is 9.66. The molecule has 2 aromatic carbocycles. The molecular weight excluding hydrogens is 262 g/mol. The van der Waals surface area contributed by atoms with Gasteiger partial charge in [0.05, 0.1) is 7.11 Å². The summed E-state index contributed by atoms with van der Waals surface area (Å²) in [4.78, 5) is 0. The third-order valence-corrected chi connectivity index (χ3v) is 3.33. The predicted octanol–water partition coefficient (Wildman–Crippen LogP) is 3.97. The first kappa shape index (κ1) is 13.6. The average Bonchev–Trinajstić information content (AvgIpc) is 2.41. The zero-order valence-corrected chi connectivity index (χ0v) is 11.7. The van der Waals surface area contributed by atoms with Crippen LogP contribution in [-0.4, -0.2) is 12.2 Å². The van der Waals surface area contributed by atoms with Crippen molar-refractivity contribution >= 4 is 17.3 Å². The Hall–Kier alpha value is -1.87. The number of nitrogens with one attached hydrogen (secondary N) is 1. The van der Waals surface area contributed by atoms with Crippen LogP contribution >= 0.6 is 11.6 Å². The van der Waals surface area contributed by atoms with Gasteiger partial charge in [0.1, 0.15) is 11.5 Å². The number of phenols is 1. The van der Waals surface area contributed by atoms with Gasteiger partial charge in [-0.1, -0.05) is 23.7 Å². The van der Waals surface area contributed by atoms with Crippen LogP contribution in [0, 0.1) is 6.92 Å². The molecule has 0 aromatic heterocycles. The summed E-state index contributed by atoms with van der Waals surface area (Å²) >= 11 is 6.16. The largest absolute Gasteiger partial charge is 0.508 e. The summed E-state index contributed by atoms with van der Waals surface area (Å²) in [5.74, 6) is 1.02. The van der Waals surface area contributed by atoms with Crippen LogP contribution in [0.3, 0.4) is 0 Å². The Morgan fingerprint density at radius 1 is 1.26 bits per heavy atom. The minimum atomic E-state index is 0.274. The molecule has 0 aliphatic carbocycles. The molecule has 0 amide bonds. The summed E-state index contributed by atoms with van der Waals surface area (Å²) in [6, 6.07) is 11.0. The number of aryl methyl sites for hydroxylation is 1. The maximum atomic E-state index is 9.66. The zero-order valence-electron chi connectivity index (χ0n) is 10.9. The van der Waals surface area contributed by atoms with Crippen molar-refractivity contribution in [1.29, 1.82) is 0 Å². The fraction of sp³-hybridized carbons (Fsp3) is 0.200. The number of ether oxygens (including phenoxy) is 1. The molecule has 0 spiro atoms. The Morgan fingerprint density at radius 2 is 2.05 bits per heavy atom. The van der Waals surface area contributed by atoms with E-state index in [4.69, 9.17) is 16.3 Å². The molecule has 0 saturated heterocycles. The molecule has 4 heteroatoms. The first-order valence-electron chi connectivity index (χ1n) is 5.96. The van der Waals surface area contributed by atoms with Gasteiger partial charge in [-0.2, -0.15) is 0 Å². The van der Waals surface area contributed by atoms with E-state index < -0.39 is 0 Å². The summed E-state index contributed by atoms with van der Waals surface area (Å²) in [5, 5.41) is 13.5. The number of phenolic OH excluding ortho intramolecular Hbond substituents is 1. The maximum Gasteiger partial charge on any atom is 0.125 e. The van der Waals surface area contributed by atoms with E-state index in [1.807, 2.05) is 37.3 Å². The number of halogens is 1. The summed E-state index contributed by atoms with van der Waals surface area (Å²) < 4.78 is 5.28.